The predicted octanol–water partition coefficient (Wildman–Crippen LogP) is 6.41. The van der Waals surface area contributed by atoms with Crippen LogP contribution in [0.5, 0.6) is 0 Å². The second kappa shape index (κ2) is 13.8. The molecule has 4 atom stereocenters. The lowest BCUT2D eigenvalue weighted by Gasteiger charge is -2.45. The number of aliphatic hydroxyl groups is 2. The van der Waals surface area contributed by atoms with Crippen LogP contribution in [0.2, 0.25) is 5.02 Å². The van der Waals surface area contributed by atoms with Crippen LogP contribution in [0.1, 0.15) is 54.4 Å². The minimum atomic E-state index is -3.72. The largest absolute Gasteiger partial charge is 0.392 e. The van der Waals surface area contributed by atoms with Gasteiger partial charge in [0.15, 0.2) is 6.29 Å². The number of halogens is 1. The number of piperidine rings is 1. The molecular weight excluding hydrogens is 624 g/mol. The van der Waals surface area contributed by atoms with Gasteiger partial charge in [0.25, 0.3) is 10.0 Å². The average Bonchev–Trinajstić information content (AvgIpc) is 3.08. The van der Waals surface area contributed by atoms with Crippen molar-refractivity contribution in [1.82, 2.24) is 4.90 Å². The minimum absolute atomic E-state index is 0.00487. The maximum Gasteiger partial charge on any atom is 0.261 e. The van der Waals surface area contributed by atoms with Gasteiger partial charge in [-0.05, 0) is 65.9 Å². The molecule has 0 saturated carbocycles. The molecular formula is C36H39ClN2O6S. The van der Waals surface area contributed by atoms with Gasteiger partial charge in [0.2, 0.25) is 0 Å². The smallest absolute Gasteiger partial charge is 0.261 e. The lowest BCUT2D eigenvalue weighted by atomic mass is 9.84. The number of ether oxygens (including phenoxy) is 2. The Hall–Kier alpha value is -3.28. The number of sulfonamides is 1. The van der Waals surface area contributed by atoms with Gasteiger partial charge < -0.3 is 24.6 Å². The van der Waals surface area contributed by atoms with Crippen LogP contribution in [-0.2, 0) is 31.7 Å². The Morgan fingerprint density at radius 1 is 0.870 bits per heavy atom. The van der Waals surface area contributed by atoms with Crippen molar-refractivity contribution in [2.24, 2.45) is 5.92 Å². The maximum atomic E-state index is 12.8. The summed E-state index contributed by atoms with van der Waals surface area (Å²) in [6.07, 6.45) is 0.0616. The zero-order chi connectivity index (χ0) is 32.3. The first-order valence-corrected chi connectivity index (χ1v) is 17.4. The van der Waals surface area contributed by atoms with E-state index in [9.17, 15) is 18.6 Å². The Labute approximate surface area is 275 Å². The summed E-state index contributed by atoms with van der Waals surface area (Å²) in [5, 5.41) is 21.6. The summed E-state index contributed by atoms with van der Waals surface area (Å²) in [4.78, 5) is 2.52. The van der Waals surface area contributed by atoms with E-state index in [0.29, 0.717) is 43.2 Å². The lowest BCUT2D eigenvalue weighted by Crippen LogP contribution is -2.49. The number of nitrogens with zero attached hydrogens (tertiary/aromatic N) is 1. The highest BCUT2D eigenvalue weighted by atomic mass is 35.5. The summed E-state index contributed by atoms with van der Waals surface area (Å²) in [6, 6.07) is 30.5. The Kier molecular flexibility index (Phi) is 9.82. The first-order chi connectivity index (χ1) is 22.1. The summed E-state index contributed by atoms with van der Waals surface area (Å²) in [5.41, 5.74) is 3.01. The SMILES string of the molecule is C[C@H]1[C@@H](CN2CCC(O)(c3ccc(Cl)cc3)CC2)O[C@@H](c2ccc(NS(=O)(=O)c3ccccc3)cc2)O[C@H]1c1ccc(CO)cc1. The molecule has 8 nitrogen and oxygen atoms in total. The molecule has 0 amide bonds. The molecule has 0 aromatic heterocycles. The van der Waals surface area contributed by atoms with Gasteiger partial charge in [-0.25, -0.2) is 8.42 Å². The number of nitrogens with one attached hydrogen (secondary N) is 1. The van der Waals surface area contributed by atoms with E-state index >= 15 is 0 Å². The number of hydrogen-bond donors (Lipinski definition) is 3. The fourth-order valence-corrected chi connectivity index (χ4v) is 7.46. The van der Waals surface area contributed by atoms with Crippen molar-refractivity contribution in [2.45, 2.75) is 55.4 Å². The van der Waals surface area contributed by atoms with Crippen LogP contribution in [0.25, 0.3) is 0 Å². The van der Waals surface area contributed by atoms with Gasteiger partial charge in [-0.1, -0.05) is 85.3 Å². The third kappa shape index (κ3) is 7.31. The number of aliphatic hydroxyl groups excluding tert-OH is 1. The molecule has 2 aliphatic rings. The van der Waals surface area contributed by atoms with Crippen LogP contribution in [0, 0.1) is 5.92 Å². The van der Waals surface area contributed by atoms with Crippen molar-refractivity contribution < 1.29 is 28.1 Å². The van der Waals surface area contributed by atoms with Crippen LogP contribution in [0.3, 0.4) is 0 Å². The van der Waals surface area contributed by atoms with Crippen molar-refractivity contribution >= 4 is 27.3 Å². The van der Waals surface area contributed by atoms with E-state index < -0.39 is 21.9 Å². The predicted molar refractivity (Wildman–Crippen MR) is 178 cm³/mol. The molecule has 242 valence electrons. The standard InChI is InChI=1S/C36H39ClN2O6S/c1-25-33(23-39-21-19-36(41,20-22-39)29-13-15-30(37)16-14-29)44-35(45-34(25)27-9-7-26(24-40)8-10-27)28-11-17-31(18-12-28)38-46(42,43)32-5-3-2-4-6-32/h2-18,25,33-35,38,40-41H,19-24H2,1H3/t25-,33+,34+,35+/m0/s1. The van der Waals surface area contributed by atoms with Crippen molar-refractivity contribution in [3.8, 4) is 0 Å². The second-order valence-corrected chi connectivity index (χ2v) is 14.3. The van der Waals surface area contributed by atoms with Crippen LogP contribution in [0.15, 0.2) is 108 Å². The molecule has 2 saturated heterocycles. The van der Waals surface area contributed by atoms with Crippen molar-refractivity contribution in [3.63, 3.8) is 0 Å². The molecule has 4 aromatic carbocycles. The number of rotatable bonds is 9. The Bertz CT molecular complexity index is 1690. The molecule has 6 rings (SSSR count). The first-order valence-electron chi connectivity index (χ1n) is 15.5. The highest BCUT2D eigenvalue weighted by molar-refractivity contribution is 7.92. The molecule has 2 aliphatic heterocycles. The third-order valence-corrected chi connectivity index (χ3v) is 10.8. The molecule has 2 fully saturated rings. The van der Waals surface area contributed by atoms with Crippen molar-refractivity contribution in [1.29, 1.82) is 0 Å². The molecule has 0 bridgehead atoms. The molecule has 3 N–H and O–H groups in total. The van der Waals surface area contributed by atoms with E-state index in [2.05, 4.69) is 16.5 Å². The Morgan fingerprint density at radius 2 is 1.50 bits per heavy atom. The zero-order valence-corrected chi connectivity index (χ0v) is 27.2. The number of benzene rings is 4. The number of hydrogen-bond acceptors (Lipinski definition) is 7. The van der Waals surface area contributed by atoms with E-state index in [1.54, 1.807) is 42.5 Å². The van der Waals surface area contributed by atoms with E-state index in [4.69, 9.17) is 21.1 Å². The summed E-state index contributed by atoms with van der Waals surface area (Å²) >= 11 is 6.07. The first kappa shape index (κ1) is 32.7. The fraction of sp³-hybridized carbons (Fsp3) is 0.333. The van der Waals surface area contributed by atoms with Crippen LogP contribution in [-0.4, -0.2) is 49.3 Å². The molecule has 0 aliphatic carbocycles. The van der Waals surface area contributed by atoms with Crippen molar-refractivity contribution in [3.05, 3.63) is 130 Å². The quantitative estimate of drug-likeness (QED) is 0.190. The lowest BCUT2D eigenvalue weighted by molar-refractivity contribution is -0.277. The monoisotopic (exact) mass is 662 g/mol. The molecule has 0 unspecified atom stereocenters. The van der Waals surface area contributed by atoms with Gasteiger partial charge in [0.05, 0.1) is 29.3 Å². The molecule has 0 spiro atoms. The summed E-state index contributed by atoms with van der Waals surface area (Å²) in [5.74, 6) is 0.00487. The molecule has 46 heavy (non-hydrogen) atoms. The number of likely N-dealkylation sites (tertiary alicyclic amines) is 1. The maximum absolute atomic E-state index is 12.8. The molecule has 2 heterocycles. The Balaban J connectivity index is 1.19. The molecule has 10 heteroatoms. The van der Waals surface area contributed by atoms with Crippen molar-refractivity contribution in [2.75, 3.05) is 24.4 Å². The van der Waals surface area contributed by atoms with Crippen LogP contribution >= 0.6 is 11.6 Å². The highest BCUT2D eigenvalue weighted by Crippen LogP contribution is 2.43. The number of anilines is 1. The van der Waals surface area contributed by atoms with Gasteiger partial charge in [-0.3, -0.25) is 4.72 Å². The minimum Gasteiger partial charge on any atom is -0.392 e. The molecule has 4 aromatic rings. The van der Waals surface area contributed by atoms with E-state index in [-0.39, 0.29) is 29.6 Å². The summed E-state index contributed by atoms with van der Waals surface area (Å²) in [6.45, 7) is 4.18. The topological polar surface area (TPSA) is 108 Å². The fourth-order valence-electron chi connectivity index (χ4n) is 6.26. The van der Waals surface area contributed by atoms with Gasteiger partial charge in [0.1, 0.15) is 0 Å². The normalized spacial score (nSPS) is 23.6. The van der Waals surface area contributed by atoms with Gasteiger partial charge in [-0.15, -0.1) is 0 Å². The van der Waals surface area contributed by atoms with Gasteiger partial charge in [0, 0.05) is 41.8 Å². The van der Waals surface area contributed by atoms with E-state index in [1.807, 2.05) is 60.7 Å². The average molecular weight is 663 g/mol. The Morgan fingerprint density at radius 3 is 2.13 bits per heavy atom. The highest BCUT2D eigenvalue weighted by Gasteiger charge is 2.41. The second-order valence-electron chi connectivity index (χ2n) is 12.2. The van der Waals surface area contributed by atoms with E-state index in [0.717, 1.165) is 22.3 Å². The molecule has 0 radical (unpaired) electrons. The van der Waals surface area contributed by atoms with Gasteiger partial charge in [-0.2, -0.15) is 0 Å². The zero-order valence-electron chi connectivity index (χ0n) is 25.6. The van der Waals surface area contributed by atoms with E-state index in [1.165, 1.54) is 0 Å². The summed E-state index contributed by atoms with van der Waals surface area (Å²) < 4.78 is 41.5. The van der Waals surface area contributed by atoms with Crippen LogP contribution in [0.4, 0.5) is 5.69 Å². The summed E-state index contributed by atoms with van der Waals surface area (Å²) in [7, 11) is -3.72. The third-order valence-electron chi connectivity index (χ3n) is 9.11. The van der Waals surface area contributed by atoms with Gasteiger partial charge >= 0.3 is 0 Å². The van der Waals surface area contributed by atoms with Crippen LogP contribution < -0.4 is 4.72 Å².